The second-order valence-corrected chi connectivity index (χ2v) is 5.21. The predicted molar refractivity (Wildman–Crippen MR) is 86.9 cm³/mol. The maximum absolute atomic E-state index is 12.6. The quantitative estimate of drug-likeness (QED) is 0.844. The van der Waals surface area contributed by atoms with Gasteiger partial charge in [-0.15, -0.1) is 0 Å². The number of nitrogens with one attached hydrogen (secondary N) is 1. The third-order valence-corrected chi connectivity index (χ3v) is 3.56. The third kappa shape index (κ3) is 4.05. The Balaban J connectivity index is 2.12. The van der Waals surface area contributed by atoms with Crippen molar-refractivity contribution in [3.63, 3.8) is 0 Å². The fraction of sp³-hybridized carbons (Fsp3) is 0.294. The minimum Gasteiger partial charge on any atom is -0.337 e. The molecule has 0 spiro atoms. The molecule has 5 heteroatoms. The molecule has 116 valence electrons. The molecule has 1 amide bonds. The normalized spacial score (nSPS) is 10.5. The standard InChI is InChI=1S/C17H21N3O2/c1-13-11-16(21)19-12-15(13)17(22)20(10-8-18)9-7-14-5-3-2-4-6-14/h2-6,11-12H,7-10,18H2,1H3,(H,19,21). The molecule has 22 heavy (non-hydrogen) atoms. The molecule has 5 nitrogen and oxygen atoms in total. The number of amides is 1. The Morgan fingerprint density at radius 2 is 1.95 bits per heavy atom. The molecule has 0 bridgehead atoms. The van der Waals surface area contributed by atoms with Crippen molar-refractivity contribution in [3.8, 4) is 0 Å². The number of aromatic amines is 1. The molecule has 0 aliphatic carbocycles. The molecule has 0 unspecified atom stereocenters. The Kier molecular flexibility index (Phi) is 5.49. The van der Waals surface area contributed by atoms with Gasteiger partial charge in [-0.1, -0.05) is 30.3 Å². The van der Waals surface area contributed by atoms with E-state index in [9.17, 15) is 9.59 Å². The van der Waals surface area contributed by atoms with Crippen LogP contribution >= 0.6 is 0 Å². The van der Waals surface area contributed by atoms with Crippen LogP contribution in [0.1, 0.15) is 21.5 Å². The molecule has 2 rings (SSSR count). The highest BCUT2D eigenvalue weighted by Crippen LogP contribution is 2.09. The number of nitrogens with two attached hydrogens (primary N) is 1. The Labute approximate surface area is 129 Å². The van der Waals surface area contributed by atoms with Crippen molar-refractivity contribution < 1.29 is 4.79 Å². The van der Waals surface area contributed by atoms with Crippen LogP contribution in [0.5, 0.6) is 0 Å². The van der Waals surface area contributed by atoms with Crippen LogP contribution in [0.3, 0.4) is 0 Å². The van der Waals surface area contributed by atoms with Crippen LogP contribution < -0.4 is 11.3 Å². The molecule has 0 saturated heterocycles. The van der Waals surface area contributed by atoms with Gasteiger partial charge in [0.25, 0.3) is 5.91 Å². The molecule has 0 aliphatic rings. The van der Waals surface area contributed by atoms with Crippen molar-refractivity contribution in [2.24, 2.45) is 5.73 Å². The number of carbonyl (C=O) groups is 1. The molecule has 0 fully saturated rings. The Bertz CT molecular complexity index is 680. The van der Waals surface area contributed by atoms with Crippen molar-refractivity contribution in [1.82, 2.24) is 9.88 Å². The molecule has 1 aromatic carbocycles. The van der Waals surface area contributed by atoms with E-state index in [4.69, 9.17) is 5.73 Å². The smallest absolute Gasteiger partial charge is 0.255 e. The molecule has 0 atom stereocenters. The predicted octanol–water partition coefficient (Wildman–Crippen LogP) is 1.33. The van der Waals surface area contributed by atoms with Crippen molar-refractivity contribution in [3.05, 3.63) is 69.6 Å². The van der Waals surface area contributed by atoms with Gasteiger partial charge in [-0.3, -0.25) is 9.59 Å². The van der Waals surface area contributed by atoms with E-state index in [0.29, 0.717) is 30.8 Å². The van der Waals surface area contributed by atoms with E-state index in [1.165, 1.54) is 17.8 Å². The number of hydrogen-bond acceptors (Lipinski definition) is 3. The molecule has 2 aromatic rings. The van der Waals surface area contributed by atoms with Gasteiger partial charge in [0.15, 0.2) is 0 Å². The lowest BCUT2D eigenvalue weighted by Crippen LogP contribution is -2.37. The maximum Gasteiger partial charge on any atom is 0.255 e. The number of nitrogens with zero attached hydrogens (tertiary/aromatic N) is 1. The largest absolute Gasteiger partial charge is 0.337 e. The Morgan fingerprint density at radius 1 is 1.23 bits per heavy atom. The van der Waals surface area contributed by atoms with Crippen molar-refractivity contribution in [2.45, 2.75) is 13.3 Å². The first-order chi connectivity index (χ1) is 10.6. The fourth-order valence-corrected chi connectivity index (χ4v) is 2.35. The summed E-state index contributed by atoms with van der Waals surface area (Å²) in [4.78, 5) is 28.2. The first kappa shape index (κ1) is 16.0. The van der Waals surface area contributed by atoms with Gasteiger partial charge in [-0.25, -0.2) is 0 Å². The van der Waals surface area contributed by atoms with Gasteiger partial charge < -0.3 is 15.6 Å². The summed E-state index contributed by atoms with van der Waals surface area (Å²) in [6.07, 6.45) is 2.25. The topological polar surface area (TPSA) is 79.2 Å². The summed E-state index contributed by atoms with van der Waals surface area (Å²) in [7, 11) is 0. The molecule has 1 aromatic heterocycles. The molecule has 3 N–H and O–H groups in total. The average Bonchev–Trinajstić information content (AvgIpc) is 2.52. The van der Waals surface area contributed by atoms with Crippen LogP contribution in [0.4, 0.5) is 0 Å². The highest BCUT2D eigenvalue weighted by atomic mass is 16.2. The van der Waals surface area contributed by atoms with Gasteiger partial charge in [0, 0.05) is 31.9 Å². The summed E-state index contributed by atoms with van der Waals surface area (Å²) < 4.78 is 0. The van der Waals surface area contributed by atoms with Crippen LogP contribution in [0.15, 0.2) is 47.4 Å². The van der Waals surface area contributed by atoms with Crippen molar-refractivity contribution >= 4 is 5.91 Å². The second kappa shape index (κ2) is 7.56. The number of pyridine rings is 1. The summed E-state index contributed by atoms with van der Waals surface area (Å²) in [5.74, 6) is -0.102. The fourth-order valence-electron chi connectivity index (χ4n) is 2.35. The van der Waals surface area contributed by atoms with Crippen molar-refractivity contribution in [2.75, 3.05) is 19.6 Å². The zero-order valence-corrected chi connectivity index (χ0v) is 12.7. The van der Waals surface area contributed by atoms with E-state index in [-0.39, 0.29) is 11.5 Å². The first-order valence-electron chi connectivity index (χ1n) is 7.34. The lowest BCUT2D eigenvalue weighted by Gasteiger charge is -2.22. The summed E-state index contributed by atoms with van der Waals surface area (Å²) in [5.41, 5.74) is 7.79. The van der Waals surface area contributed by atoms with E-state index in [0.717, 1.165) is 6.42 Å². The maximum atomic E-state index is 12.6. The van der Waals surface area contributed by atoms with Crippen LogP contribution in [0.25, 0.3) is 0 Å². The van der Waals surface area contributed by atoms with E-state index in [1.54, 1.807) is 11.8 Å². The zero-order valence-electron chi connectivity index (χ0n) is 12.7. The number of carbonyl (C=O) groups excluding carboxylic acids is 1. The third-order valence-electron chi connectivity index (χ3n) is 3.56. The number of H-pyrrole nitrogens is 1. The molecule has 0 aliphatic heterocycles. The van der Waals surface area contributed by atoms with E-state index >= 15 is 0 Å². The lowest BCUT2D eigenvalue weighted by atomic mass is 10.1. The zero-order chi connectivity index (χ0) is 15.9. The van der Waals surface area contributed by atoms with Gasteiger partial charge in [-0.05, 0) is 24.5 Å². The van der Waals surface area contributed by atoms with Crippen LogP contribution in [-0.2, 0) is 6.42 Å². The van der Waals surface area contributed by atoms with Gasteiger partial charge in [0.2, 0.25) is 5.56 Å². The Morgan fingerprint density at radius 3 is 2.59 bits per heavy atom. The van der Waals surface area contributed by atoms with Gasteiger partial charge in [0.1, 0.15) is 0 Å². The van der Waals surface area contributed by atoms with E-state index in [1.807, 2.05) is 30.3 Å². The number of aromatic nitrogens is 1. The van der Waals surface area contributed by atoms with Crippen LogP contribution in [0.2, 0.25) is 0 Å². The summed E-state index contributed by atoms with van der Waals surface area (Å²) in [6, 6.07) is 11.4. The molecular weight excluding hydrogens is 278 g/mol. The highest BCUT2D eigenvalue weighted by Gasteiger charge is 2.17. The second-order valence-electron chi connectivity index (χ2n) is 5.21. The number of benzene rings is 1. The Hall–Kier alpha value is -2.40. The van der Waals surface area contributed by atoms with Gasteiger partial charge >= 0.3 is 0 Å². The molecule has 0 saturated carbocycles. The van der Waals surface area contributed by atoms with Crippen LogP contribution in [0, 0.1) is 6.92 Å². The molecular formula is C17H21N3O2. The van der Waals surface area contributed by atoms with Gasteiger partial charge in [-0.2, -0.15) is 0 Å². The molecule has 0 radical (unpaired) electrons. The van der Waals surface area contributed by atoms with E-state index < -0.39 is 0 Å². The average molecular weight is 299 g/mol. The highest BCUT2D eigenvalue weighted by molar-refractivity contribution is 5.95. The monoisotopic (exact) mass is 299 g/mol. The molecule has 1 heterocycles. The number of rotatable bonds is 6. The summed E-state index contributed by atoms with van der Waals surface area (Å²) >= 11 is 0. The summed E-state index contributed by atoms with van der Waals surface area (Å²) in [6.45, 7) is 3.26. The SMILES string of the molecule is Cc1cc(=O)[nH]cc1C(=O)N(CCN)CCc1ccccc1. The first-order valence-corrected chi connectivity index (χ1v) is 7.34. The van der Waals surface area contributed by atoms with Crippen molar-refractivity contribution in [1.29, 1.82) is 0 Å². The summed E-state index contributed by atoms with van der Waals surface area (Å²) in [5, 5.41) is 0. The number of aryl methyl sites for hydroxylation is 1. The van der Waals surface area contributed by atoms with Gasteiger partial charge in [0.05, 0.1) is 5.56 Å². The minimum atomic E-state index is -0.205. The number of hydrogen-bond donors (Lipinski definition) is 2. The van der Waals surface area contributed by atoms with E-state index in [2.05, 4.69) is 4.98 Å². The lowest BCUT2D eigenvalue weighted by molar-refractivity contribution is 0.0761. The van der Waals surface area contributed by atoms with Crippen LogP contribution in [-0.4, -0.2) is 35.4 Å². The minimum absolute atomic E-state index is 0.102.